The fraction of sp³-hybridized carbons (Fsp3) is 0.263. The van der Waals surface area contributed by atoms with Crippen molar-refractivity contribution in [2.75, 3.05) is 20.2 Å². The first-order valence-corrected chi connectivity index (χ1v) is 8.10. The molecule has 130 valence electrons. The SMILES string of the molecule is CN(CCCOC(N)=O)C(=O)OC1c2ccccc2-c2ccccc21. The summed E-state index contributed by atoms with van der Waals surface area (Å²) in [6.07, 6.45) is -1.16. The molecule has 1 aliphatic rings. The first kappa shape index (κ1) is 16.8. The molecule has 0 radical (unpaired) electrons. The highest BCUT2D eigenvalue weighted by Gasteiger charge is 2.31. The zero-order valence-electron chi connectivity index (χ0n) is 14.0. The number of nitrogens with zero attached hydrogens (tertiary/aromatic N) is 1. The third-order valence-electron chi connectivity index (χ3n) is 4.19. The first-order valence-electron chi connectivity index (χ1n) is 8.10. The zero-order chi connectivity index (χ0) is 17.8. The fourth-order valence-corrected chi connectivity index (χ4v) is 2.99. The summed E-state index contributed by atoms with van der Waals surface area (Å²) in [4.78, 5) is 24.4. The molecule has 2 aromatic rings. The van der Waals surface area contributed by atoms with Crippen LogP contribution in [-0.2, 0) is 9.47 Å². The van der Waals surface area contributed by atoms with E-state index in [-0.39, 0.29) is 6.61 Å². The number of fused-ring (bicyclic) bond motifs is 3. The molecule has 0 unspecified atom stereocenters. The van der Waals surface area contributed by atoms with Crippen LogP contribution in [0.15, 0.2) is 48.5 Å². The van der Waals surface area contributed by atoms with Gasteiger partial charge in [-0.2, -0.15) is 0 Å². The molecule has 3 rings (SSSR count). The highest BCUT2D eigenvalue weighted by molar-refractivity contribution is 5.79. The van der Waals surface area contributed by atoms with Crippen molar-refractivity contribution < 1.29 is 19.1 Å². The van der Waals surface area contributed by atoms with Crippen LogP contribution in [-0.4, -0.2) is 37.3 Å². The Morgan fingerprint density at radius 2 is 1.60 bits per heavy atom. The van der Waals surface area contributed by atoms with Crippen LogP contribution in [0.3, 0.4) is 0 Å². The van der Waals surface area contributed by atoms with Crippen molar-refractivity contribution in [3.63, 3.8) is 0 Å². The molecule has 25 heavy (non-hydrogen) atoms. The quantitative estimate of drug-likeness (QED) is 0.847. The van der Waals surface area contributed by atoms with Crippen LogP contribution >= 0.6 is 0 Å². The van der Waals surface area contributed by atoms with Gasteiger partial charge in [-0.05, 0) is 17.5 Å². The Kier molecular flexibility index (Phi) is 4.88. The average Bonchev–Trinajstić information content (AvgIpc) is 2.93. The molecule has 2 amide bonds. The predicted octanol–water partition coefficient (Wildman–Crippen LogP) is 3.31. The van der Waals surface area contributed by atoms with Crippen molar-refractivity contribution in [1.29, 1.82) is 0 Å². The summed E-state index contributed by atoms with van der Waals surface area (Å²) >= 11 is 0. The Hall–Kier alpha value is -3.02. The van der Waals surface area contributed by atoms with E-state index in [1.165, 1.54) is 4.90 Å². The molecule has 0 fully saturated rings. The molecule has 0 aromatic heterocycles. The second-order valence-corrected chi connectivity index (χ2v) is 5.88. The summed E-state index contributed by atoms with van der Waals surface area (Å²) in [5, 5.41) is 0. The Labute approximate surface area is 146 Å². The molecular formula is C19H20N2O4. The van der Waals surface area contributed by atoms with Crippen LogP contribution in [0.25, 0.3) is 11.1 Å². The lowest BCUT2D eigenvalue weighted by atomic mass is 10.1. The van der Waals surface area contributed by atoms with Gasteiger partial charge < -0.3 is 20.1 Å². The highest BCUT2D eigenvalue weighted by Crippen LogP contribution is 2.45. The lowest BCUT2D eigenvalue weighted by molar-refractivity contribution is 0.0836. The van der Waals surface area contributed by atoms with Gasteiger partial charge in [-0.15, -0.1) is 0 Å². The van der Waals surface area contributed by atoms with Gasteiger partial charge in [0.05, 0.1) is 6.61 Å². The minimum atomic E-state index is -0.815. The van der Waals surface area contributed by atoms with E-state index in [4.69, 9.17) is 10.5 Å². The van der Waals surface area contributed by atoms with Crippen LogP contribution in [0.2, 0.25) is 0 Å². The monoisotopic (exact) mass is 340 g/mol. The summed E-state index contributed by atoms with van der Waals surface area (Å²) in [7, 11) is 1.65. The normalized spacial score (nSPS) is 12.2. The van der Waals surface area contributed by atoms with Crippen molar-refractivity contribution in [3.8, 4) is 11.1 Å². The molecule has 0 saturated carbocycles. The number of primary amides is 1. The third-order valence-corrected chi connectivity index (χ3v) is 4.19. The zero-order valence-corrected chi connectivity index (χ0v) is 14.0. The van der Waals surface area contributed by atoms with E-state index in [1.54, 1.807) is 7.05 Å². The molecule has 0 bridgehead atoms. The highest BCUT2D eigenvalue weighted by atomic mass is 16.6. The van der Waals surface area contributed by atoms with E-state index in [9.17, 15) is 9.59 Å². The number of nitrogens with two attached hydrogens (primary N) is 1. The van der Waals surface area contributed by atoms with Crippen LogP contribution in [0.1, 0.15) is 23.7 Å². The second-order valence-electron chi connectivity index (χ2n) is 5.88. The molecule has 0 saturated heterocycles. The van der Waals surface area contributed by atoms with Crippen LogP contribution in [0, 0.1) is 0 Å². The summed E-state index contributed by atoms with van der Waals surface area (Å²) in [5.74, 6) is 0. The van der Waals surface area contributed by atoms with E-state index in [2.05, 4.69) is 4.74 Å². The number of rotatable bonds is 5. The van der Waals surface area contributed by atoms with Gasteiger partial charge in [0.1, 0.15) is 0 Å². The maximum Gasteiger partial charge on any atom is 0.410 e. The van der Waals surface area contributed by atoms with Crippen LogP contribution < -0.4 is 5.73 Å². The number of hydrogen-bond acceptors (Lipinski definition) is 4. The summed E-state index contributed by atoms with van der Waals surface area (Å²) in [6.45, 7) is 0.574. The minimum Gasteiger partial charge on any atom is -0.450 e. The predicted molar refractivity (Wildman–Crippen MR) is 93.0 cm³/mol. The topological polar surface area (TPSA) is 81.9 Å². The average molecular weight is 340 g/mol. The third kappa shape index (κ3) is 3.57. The second kappa shape index (κ2) is 7.25. The van der Waals surface area contributed by atoms with Gasteiger partial charge in [0.15, 0.2) is 6.10 Å². The Morgan fingerprint density at radius 3 is 2.16 bits per heavy atom. The summed E-state index contributed by atoms with van der Waals surface area (Å²) in [5.41, 5.74) is 9.06. The Bertz CT molecular complexity index is 745. The van der Waals surface area contributed by atoms with E-state index in [1.807, 2.05) is 48.5 Å². The molecule has 1 aliphatic carbocycles. The van der Waals surface area contributed by atoms with E-state index >= 15 is 0 Å². The number of ether oxygens (including phenoxy) is 2. The number of carbonyl (C=O) groups is 2. The minimum absolute atomic E-state index is 0.169. The number of benzene rings is 2. The molecule has 2 N–H and O–H groups in total. The molecule has 6 heteroatoms. The van der Waals surface area contributed by atoms with E-state index in [0.29, 0.717) is 13.0 Å². The van der Waals surface area contributed by atoms with Gasteiger partial charge in [-0.3, -0.25) is 0 Å². The number of hydrogen-bond donors (Lipinski definition) is 1. The molecule has 0 heterocycles. The largest absolute Gasteiger partial charge is 0.450 e. The van der Waals surface area contributed by atoms with Crippen LogP contribution in [0.5, 0.6) is 0 Å². The van der Waals surface area contributed by atoms with Crippen molar-refractivity contribution >= 4 is 12.2 Å². The molecular weight excluding hydrogens is 320 g/mol. The van der Waals surface area contributed by atoms with Gasteiger partial charge in [-0.1, -0.05) is 48.5 Å². The maximum absolute atomic E-state index is 12.4. The Morgan fingerprint density at radius 1 is 1.04 bits per heavy atom. The van der Waals surface area contributed by atoms with E-state index < -0.39 is 18.3 Å². The Balaban J connectivity index is 1.68. The van der Waals surface area contributed by atoms with Gasteiger partial charge in [-0.25, -0.2) is 9.59 Å². The summed E-state index contributed by atoms with van der Waals surface area (Å²) < 4.78 is 10.4. The molecule has 0 aliphatic heterocycles. The lowest BCUT2D eigenvalue weighted by Crippen LogP contribution is -2.30. The van der Waals surface area contributed by atoms with E-state index in [0.717, 1.165) is 22.3 Å². The van der Waals surface area contributed by atoms with Gasteiger partial charge >= 0.3 is 12.2 Å². The maximum atomic E-state index is 12.4. The van der Waals surface area contributed by atoms with Crippen molar-refractivity contribution in [3.05, 3.63) is 59.7 Å². The standard InChI is InChI=1S/C19H20N2O4/c1-21(11-6-12-24-18(20)22)19(23)25-17-15-9-4-2-7-13(15)14-8-3-5-10-16(14)17/h2-5,7-10,17H,6,11-12H2,1H3,(H2,20,22). The fourth-order valence-electron chi connectivity index (χ4n) is 2.99. The van der Waals surface area contributed by atoms with Gasteiger partial charge in [0.2, 0.25) is 0 Å². The first-order chi connectivity index (χ1) is 12.1. The molecule has 6 nitrogen and oxygen atoms in total. The summed E-state index contributed by atoms with van der Waals surface area (Å²) in [6, 6.07) is 15.9. The molecule has 0 atom stereocenters. The van der Waals surface area contributed by atoms with Crippen molar-refractivity contribution in [1.82, 2.24) is 4.90 Å². The molecule has 0 spiro atoms. The van der Waals surface area contributed by atoms with Gasteiger partial charge in [0, 0.05) is 24.7 Å². The number of amides is 2. The van der Waals surface area contributed by atoms with Crippen molar-refractivity contribution in [2.24, 2.45) is 5.73 Å². The van der Waals surface area contributed by atoms with Crippen LogP contribution in [0.4, 0.5) is 9.59 Å². The van der Waals surface area contributed by atoms with Gasteiger partial charge in [0.25, 0.3) is 0 Å². The lowest BCUT2D eigenvalue weighted by Gasteiger charge is -2.21. The molecule has 2 aromatic carbocycles. The smallest absolute Gasteiger partial charge is 0.410 e. The van der Waals surface area contributed by atoms with Crippen molar-refractivity contribution in [2.45, 2.75) is 12.5 Å². The number of carbonyl (C=O) groups excluding carboxylic acids is 2.